The Morgan fingerprint density at radius 2 is 1.53 bits per heavy atom. The van der Waals surface area contributed by atoms with Gasteiger partial charge in [-0.15, -0.1) is 0 Å². The van der Waals surface area contributed by atoms with E-state index in [9.17, 15) is 19.2 Å². The molecule has 0 fully saturated rings. The lowest BCUT2D eigenvalue weighted by Crippen LogP contribution is -2.29. The van der Waals surface area contributed by atoms with Crippen LogP contribution in [0.2, 0.25) is 0 Å². The Hall–Kier alpha value is -4.46. The number of nitrogens with zero attached hydrogens (tertiary/aromatic N) is 1. The normalized spacial score (nSPS) is 12.3. The van der Waals surface area contributed by atoms with Crippen LogP contribution in [-0.4, -0.2) is 42.3 Å². The van der Waals surface area contributed by atoms with E-state index in [-0.39, 0.29) is 30.5 Å². The van der Waals surface area contributed by atoms with Crippen LogP contribution in [0, 0.1) is 0 Å². The molecule has 0 spiro atoms. The summed E-state index contributed by atoms with van der Waals surface area (Å²) < 4.78 is 10.3. The molecule has 0 bridgehead atoms. The fraction of sp³-hybridized carbons (Fsp3) is 0.154. The Bertz CT molecular complexity index is 1230. The highest BCUT2D eigenvalue weighted by Crippen LogP contribution is 2.24. The number of amides is 3. The molecule has 1 heterocycles. The van der Waals surface area contributed by atoms with Crippen molar-refractivity contribution < 1.29 is 28.7 Å². The minimum atomic E-state index is -0.680. The number of nitrogens with one attached hydrogen (secondary N) is 1. The van der Waals surface area contributed by atoms with E-state index in [1.165, 1.54) is 0 Å². The Morgan fingerprint density at radius 3 is 2.24 bits per heavy atom. The number of methoxy groups -OCH3 is 1. The van der Waals surface area contributed by atoms with Gasteiger partial charge in [-0.1, -0.05) is 36.4 Å². The highest BCUT2D eigenvalue weighted by Gasteiger charge is 2.35. The number of benzene rings is 3. The summed E-state index contributed by atoms with van der Waals surface area (Å²) in [6.45, 7) is -0.150. The molecule has 34 heavy (non-hydrogen) atoms. The molecule has 0 radical (unpaired) electrons. The zero-order valence-corrected chi connectivity index (χ0v) is 18.4. The molecule has 3 aromatic carbocycles. The lowest BCUT2D eigenvalue weighted by atomic mass is 10.1. The second kappa shape index (κ2) is 9.99. The predicted molar refractivity (Wildman–Crippen MR) is 122 cm³/mol. The monoisotopic (exact) mass is 458 g/mol. The average Bonchev–Trinajstić information content (AvgIpc) is 3.11. The number of esters is 1. The van der Waals surface area contributed by atoms with Crippen molar-refractivity contribution in [1.82, 2.24) is 10.2 Å². The SMILES string of the molecule is COc1cccc(CNC(=O)COC(=O)c2cccc(CN3C(=O)c4ccccc4C3=O)c2)c1. The summed E-state index contributed by atoms with van der Waals surface area (Å²) >= 11 is 0. The topological polar surface area (TPSA) is 102 Å². The molecule has 0 aliphatic carbocycles. The van der Waals surface area contributed by atoms with Crippen molar-refractivity contribution in [1.29, 1.82) is 0 Å². The summed E-state index contributed by atoms with van der Waals surface area (Å²) in [7, 11) is 1.56. The maximum absolute atomic E-state index is 12.6. The van der Waals surface area contributed by atoms with E-state index in [4.69, 9.17) is 9.47 Å². The van der Waals surface area contributed by atoms with Gasteiger partial charge in [0.15, 0.2) is 6.61 Å². The largest absolute Gasteiger partial charge is 0.497 e. The summed E-state index contributed by atoms with van der Waals surface area (Å²) in [4.78, 5) is 50.8. The summed E-state index contributed by atoms with van der Waals surface area (Å²) in [6, 6.07) is 20.3. The lowest BCUT2D eigenvalue weighted by molar-refractivity contribution is -0.124. The van der Waals surface area contributed by atoms with Gasteiger partial charge in [0.1, 0.15) is 5.75 Å². The van der Waals surface area contributed by atoms with Crippen molar-refractivity contribution in [3.63, 3.8) is 0 Å². The van der Waals surface area contributed by atoms with Crippen molar-refractivity contribution in [2.45, 2.75) is 13.1 Å². The molecule has 1 aliphatic heterocycles. The third-order valence-electron chi connectivity index (χ3n) is 5.34. The summed E-state index contributed by atoms with van der Waals surface area (Å²) in [6.07, 6.45) is 0. The smallest absolute Gasteiger partial charge is 0.338 e. The van der Waals surface area contributed by atoms with Gasteiger partial charge in [0.2, 0.25) is 0 Å². The molecule has 0 aromatic heterocycles. The number of hydrogen-bond donors (Lipinski definition) is 1. The average molecular weight is 458 g/mol. The van der Waals surface area contributed by atoms with Crippen molar-refractivity contribution in [2.24, 2.45) is 0 Å². The number of ether oxygens (including phenoxy) is 2. The van der Waals surface area contributed by atoms with E-state index in [2.05, 4.69) is 5.32 Å². The molecule has 1 aliphatic rings. The molecule has 8 heteroatoms. The molecule has 172 valence electrons. The van der Waals surface area contributed by atoms with E-state index >= 15 is 0 Å². The quantitative estimate of drug-likeness (QED) is 0.411. The fourth-order valence-electron chi connectivity index (χ4n) is 3.61. The highest BCUT2D eigenvalue weighted by molar-refractivity contribution is 6.21. The van der Waals surface area contributed by atoms with Crippen molar-refractivity contribution in [3.05, 3.63) is 101 Å². The molecule has 0 saturated carbocycles. The zero-order chi connectivity index (χ0) is 24.1. The number of hydrogen-bond acceptors (Lipinski definition) is 6. The van der Waals surface area contributed by atoms with E-state index in [0.29, 0.717) is 22.4 Å². The molecule has 0 unspecified atom stereocenters. The van der Waals surface area contributed by atoms with Gasteiger partial charge in [0.05, 0.1) is 30.3 Å². The predicted octanol–water partition coefficient (Wildman–Crippen LogP) is 2.96. The van der Waals surface area contributed by atoms with Crippen LogP contribution in [-0.2, 0) is 22.6 Å². The lowest BCUT2D eigenvalue weighted by Gasteiger charge is -2.14. The van der Waals surface area contributed by atoms with Crippen LogP contribution in [0.4, 0.5) is 0 Å². The van der Waals surface area contributed by atoms with Crippen LogP contribution in [0.15, 0.2) is 72.8 Å². The molecule has 8 nitrogen and oxygen atoms in total. The minimum Gasteiger partial charge on any atom is -0.497 e. The number of carbonyl (C=O) groups is 4. The zero-order valence-electron chi connectivity index (χ0n) is 18.4. The first-order valence-electron chi connectivity index (χ1n) is 10.6. The third-order valence-corrected chi connectivity index (χ3v) is 5.34. The molecule has 0 saturated heterocycles. The second-order valence-electron chi connectivity index (χ2n) is 7.65. The molecular formula is C26H22N2O6. The number of carbonyl (C=O) groups excluding carboxylic acids is 4. The maximum atomic E-state index is 12.6. The maximum Gasteiger partial charge on any atom is 0.338 e. The molecule has 0 atom stereocenters. The Morgan fingerprint density at radius 1 is 0.853 bits per heavy atom. The van der Waals surface area contributed by atoms with Gasteiger partial charge >= 0.3 is 5.97 Å². The van der Waals surface area contributed by atoms with E-state index in [0.717, 1.165) is 10.5 Å². The highest BCUT2D eigenvalue weighted by atomic mass is 16.5. The van der Waals surface area contributed by atoms with Crippen LogP contribution < -0.4 is 10.1 Å². The number of rotatable bonds is 8. The van der Waals surface area contributed by atoms with Gasteiger partial charge in [-0.05, 0) is 47.5 Å². The molecule has 1 N–H and O–H groups in total. The van der Waals surface area contributed by atoms with Gasteiger partial charge < -0.3 is 14.8 Å². The van der Waals surface area contributed by atoms with Gasteiger partial charge in [-0.25, -0.2) is 4.79 Å². The van der Waals surface area contributed by atoms with E-state index in [1.807, 2.05) is 12.1 Å². The van der Waals surface area contributed by atoms with Crippen LogP contribution in [0.5, 0.6) is 5.75 Å². The number of fused-ring (bicyclic) bond motifs is 1. The van der Waals surface area contributed by atoms with Crippen molar-refractivity contribution >= 4 is 23.7 Å². The van der Waals surface area contributed by atoms with Crippen molar-refractivity contribution in [3.8, 4) is 5.75 Å². The van der Waals surface area contributed by atoms with Crippen LogP contribution in [0.1, 0.15) is 42.2 Å². The molecule has 4 rings (SSSR count). The van der Waals surface area contributed by atoms with Gasteiger partial charge in [0, 0.05) is 6.54 Å². The van der Waals surface area contributed by atoms with Gasteiger partial charge in [0.25, 0.3) is 17.7 Å². The Balaban J connectivity index is 1.32. The molecule has 3 aromatic rings. The Kier molecular flexibility index (Phi) is 6.68. The van der Waals surface area contributed by atoms with Crippen LogP contribution in [0.25, 0.3) is 0 Å². The first kappa shape index (κ1) is 22.7. The summed E-state index contributed by atoms with van der Waals surface area (Å²) in [5.41, 5.74) is 2.38. The minimum absolute atomic E-state index is 0.0223. The first-order chi connectivity index (χ1) is 16.5. The molecule has 3 amide bonds. The van der Waals surface area contributed by atoms with Crippen LogP contribution >= 0.6 is 0 Å². The van der Waals surface area contributed by atoms with E-state index < -0.39 is 18.5 Å². The first-order valence-corrected chi connectivity index (χ1v) is 10.6. The van der Waals surface area contributed by atoms with Crippen LogP contribution in [0.3, 0.4) is 0 Å². The van der Waals surface area contributed by atoms with Gasteiger partial charge in [-0.2, -0.15) is 0 Å². The number of imide groups is 1. The summed E-state index contributed by atoms with van der Waals surface area (Å²) in [5.74, 6) is -1.19. The Labute approximate surface area is 196 Å². The van der Waals surface area contributed by atoms with Gasteiger partial charge in [-0.3, -0.25) is 19.3 Å². The second-order valence-corrected chi connectivity index (χ2v) is 7.65. The van der Waals surface area contributed by atoms with Crippen molar-refractivity contribution in [2.75, 3.05) is 13.7 Å². The fourth-order valence-corrected chi connectivity index (χ4v) is 3.61. The third kappa shape index (κ3) is 4.96. The van der Waals surface area contributed by atoms with E-state index in [1.54, 1.807) is 67.8 Å². The standard InChI is InChI=1S/C26H22N2O6/c1-33-20-9-5-6-17(13-20)14-27-23(29)16-34-26(32)19-8-4-7-18(12-19)15-28-24(30)21-10-2-3-11-22(21)25(28)31/h2-13H,14-16H2,1H3,(H,27,29). The molecular weight excluding hydrogens is 436 g/mol. The summed E-state index contributed by atoms with van der Waals surface area (Å²) in [5, 5.41) is 2.68.